The first-order chi connectivity index (χ1) is 10.8. The largest absolute Gasteiger partial charge is 0.495 e. The Morgan fingerprint density at radius 2 is 1.96 bits per heavy atom. The van der Waals surface area contributed by atoms with Crippen LogP contribution in [0.15, 0.2) is 42.5 Å². The first-order valence-corrected chi connectivity index (χ1v) is 6.86. The molecule has 2 aromatic carbocycles. The highest BCUT2D eigenvalue weighted by molar-refractivity contribution is 6.32. The Bertz CT molecular complexity index is 791. The van der Waals surface area contributed by atoms with Gasteiger partial charge in [0, 0.05) is 0 Å². The van der Waals surface area contributed by atoms with Crippen molar-refractivity contribution < 1.29 is 17.9 Å². The molecule has 0 aromatic heterocycles. The molecule has 0 N–H and O–H groups in total. The van der Waals surface area contributed by atoms with Crippen molar-refractivity contribution in [2.75, 3.05) is 7.11 Å². The standard InChI is InChI=1S/C17H11ClF3NO/c1-23-16-6-5-11(8-15(16)18)7-13(10-22)12-3-2-4-14(9-12)17(19,20)21/h2-9H,1H3/b13-7+. The molecule has 0 spiro atoms. The second-order valence-electron chi connectivity index (χ2n) is 4.64. The number of halogens is 4. The minimum Gasteiger partial charge on any atom is -0.495 e. The van der Waals surface area contributed by atoms with Crippen LogP contribution < -0.4 is 4.74 Å². The van der Waals surface area contributed by atoms with E-state index in [1.165, 1.54) is 25.3 Å². The van der Waals surface area contributed by atoms with Gasteiger partial charge in [0.05, 0.1) is 29.3 Å². The SMILES string of the molecule is COc1ccc(/C=C(\C#N)c2cccc(C(F)(F)F)c2)cc1Cl. The Labute approximate surface area is 136 Å². The van der Waals surface area contributed by atoms with Gasteiger partial charge < -0.3 is 4.74 Å². The van der Waals surface area contributed by atoms with Crippen LogP contribution in [0.25, 0.3) is 11.6 Å². The van der Waals surface area contributed by atoms with E-state index in [0.29, 0.717) is 16.3 Å². The fourth-order valence-corrected chi connectivity index (χ4v) is 2.25. The molecule has 0 bridgehead atoms. The molecule has 0 heterocycles. The van der Waals surface area contributed by atoms with Gasteiger partial charge in [-0.2, -0.15) is 18.4 Å². The number of benzene rings is 2. The fraction of sp³-hybridized carbons (Fsp3) is 0.118. The molecule has 0 saturated heterocycles. The number of hydrogen-bond donors (Lipinski definition) is 0. The lowest BCUT2D eigenvalue weighted by atomic mass is 10.0. The van der Waals surface area contributed by atoms with Gasteiger partial charge in [0.2, 0.25) is 0 Å². The Balaban J connectivity index is 2.44. The Morgan fingerprint density at radius 1 is 1.22 bits per heavy atom. The molecule has 0 unspecified atom stereocenters. The van der Waals surface area contributed by atoms with Gasteiger partial charge in [-0.15, -0.1) is 0 Å². The van der Waals surface area contributed by atoms with Crippen LogP contribution >= 0.6 is 11.6 Å². The van der Waals surface area contributed by atoms with Gasteiger partial charge in [0.25, 0.3) is 0 Å². The Morgan fingerprint density at radius 3 is 2.52 bits per heavy atom. The first kappa shape index (κ1) is 16.9. The molecule has 0 aliphatic rings. The summed E-state index contributed by atoms with van der Waals surface area (Å²) in [4.78, 5) is 0. The van der Waals surface area contributed by atoms with Crippen molar-refractivity contribution in [1.82, 2.24) is 0 Å². The van der Waals surface area contributed by atoms with E-state index in [2.05, 4.69) is 0 Å². The van der Waals surface area contributed by atoms with E-state index < -0.39 is 11.7 Å². The van der Waals surface area contributed by atoms with Crippen LogP contribution in [0.3, 0.4) is 0 Å². The molecule has 2 nitrogen and oxygen atoms in total. The fourth-order valence-electron chi connectivity index (χ4n) is 1.98. The highest BCUT2D eigenvalue weighted by Gasteiger charge is 2.30. The van der Waals surface area contributed by atoms with Crippen LogP contribution in [-0.4, -0.2) is 7.11 Å². The van der Waals surface area contributed by atoms with Gasteiger partial charge in [-0.3, -0.25) is 0 Å². The first-order valence-electron chi connectivity index (χ1n) is 6.48. The van der Waals surface area contributed by atoms with Crippen LogP contribution in [-0.2, 0) is 6.18 Å². The molecular formula is C17H11ClF3NO. The predicted molar refractivity (Wildman–Crippen MR) is 82.9 cm³/mol. The smallest absolute Gasteiger partial charge is 0.416 e. The molecule has 2 rings (SSSR count). The lowest BCUT2D eigenvalue weighted by Gasteiger charge is -2.08. The summed E-state index contributed by atoms with van der Waals surface area (Å²) in [5, 5.41) is 9.60. The topological polar surface area (TPSA) is 33.0 Å². The summed E-state index contributed by atoms with van der Waals surface area (Å²) in [7, 11) is 1.47. The second kappa shape index (κ2) is 6.76. The zero-order valence-electron chi connectivity index (χ0n) is 12.0. The Kier molecular flexibility index (Phi) is 4.97. The van der Waals surface area contributed by atoms with Crippen LogP contribution in [0.4, 0.5) is 13.2 Å². The lowest BCUT2D eigenvalue weighted by Crippen LogP contribution is -2.04. The van der Waals surface area contributed by atoms with Crippen molar-refractivity contribution in [3.05, 3.63) is 64.2 Å². The van der Waals surface area contributed by atoms with E-state index in [9.17, 15) is 18.4 Å². The van der Waals surface area contributed by atoms with Crippen LogP contribution in [0.2, 0.25) is 5.02 Å². The highest BCUT2D eigenvalue weighted by atomic mass is 35.5. The summed E-state index contributed by atoms with van der Waals surface area (Å²) in [6, 6.07) is 11.4. The average molecular weight is 338 g/mol. The zero-order chi connectivity index (χ0) is 17.0. The third-order valence-corrected chi connectivity index (χ3v) is 3.40. The molecule has 0 aliphatic carbocycles. The molecule has 2 aromatic rings. The second-order valence-corrected chi connectivity index (χ2v) is 5.05. The molecule has 0 fully saturated rings. The number of hydrogen-bond acceptors (Lipinski definition) is 2. The van der Waals surface area contributed by atoms with Crippen molar-refractivity contribution in [2.24, 2.45) is 0 Å². The van der Waals surface area contributed by atoms with Crippen molar-refractivity contribution in [1.29, 1.82) is 5.26 Å². The quantitative estimate of drug-likeness (QED) is 0.552. The van der Waals surface area contributed by atoms with Gasteiger partial charge in [-0.05, 0) is 41.5 Å². The van der Waals surface area contributed by atoms with E-state index in [1.54, 1.807) is 18.2 Å². The predicted octanol–water partition coefficient (Wildman–Crippen LogP) is 5.43. The van der Waals surface area contributed by atoms with Crippen molar-refractivity contribution >= 4 is 23.3 Å². The molecular weight excluding hydrogens is 327 g/mol. The number of allylic oxidation sites excluding steroid dienone is 1. The monoisotopic (exact) mass is 337 g/mol. The molecule has 6 heteroatoms. The maximum atomic E-state index is 12.8. The summed E-state index contributed by atoms with van der Waals surface area (Å²) in [5.41, 5.74) is 0.0836. The van der Waals surface area contributed by atoms with Crippen molar-refractivity contribution in [3.8, 4) is 11.8 Å². The normalized spacial score (nSPS) is 11.9. The maximum Gasteiger partial charge on any atom is 0.416 e. The van der Waals surface area contributed by atoms with Gasteiger partial charge in [-0.25, -0.2) is 0 Å². The van der Waals surface area contributed by atoms with E-state index in [1.807, 2.05) is 6.07 Å². The number of alkyl halides is 3. The van der Waals surface area contributed by atoms with Crippen molar-refractivity contribution in [2.45, 2.75) is 6.18 Å². The maximum absolute atomic E-state index is 12.8. The number of nitriles is 1. The molecule has 0 saturated carbocycles. The van der Waals surface area contributed by atoms with Gasteiger partial charge >= 0.3 is 6.18 Å². The molecule has 0 aliphatic heterocycles. The minimum atomic E-state index is -4.46. The number of nitrogens with zero attached hydrogens (tertiary/aromatic N) is 1. The summed E-state index contributed by atoms with van der Waals surface area (Å²) in [5.74, 6) is 0.474. The zero-order valence-corrected chi connectivity index (χ0v) is 12.7. The van der Waals surface area contributed by atoms with E-state index >= 15 is 0 Å². The van der Waals surface area contributed by atoms with Crippen molar-refractivity contribution in [3.63, 3.8) is 0 Å². The summed E-state index contributed by atoms with van der Waals surface area (Å²) in [6.45, 7) is 0. The molecule has 0 amide bonds. The van der Waals surface area contributed by atoms with Crippen LogP contribution in [0, 0.1) is 11.3 Å². The van der Waals surface area contributed by atoms with Gasteiger partial charge in [0.15, 0.2) is 0 Å². The lowest BCUT2D eigenvalue weighted by molar-refractivity contribution is -0.137. The third kappa shape index (κ3) is 4.05. The molecule has 0 atom stereocenters. The molecule has 23 heavy (non-hydrogen) atoms. The summed E-state index contributed by atoms with van der Waals surface area (Å²) >= 11 is 6.00. The number of ether oxygens (including phenoxy) is 1. The number of rotatable bonds is 3. The molecule has 0 radical (unpaired) electrons. The van der Waals surface area contributed by atoms with E-state index in [4.69, 9.17) is 16.3 Å². The van der Waals surface area contributed by atoms with Crippen LogP contribution in [0.1, 0.15) is 16.7 Å². The van der Waals surface area contributed by atoms with Gasteiger partial charge in [-0.1, -0.05) is 29.8 Å². The summed E-state index contributed by atoms with van der Waals surface area (Å²) < 4.78 is 43.3. The number of methoxy groups -OCH3 is 1. The highest BCUT2D eigenvalue weighted by Crippen LogP contribution is 2.32. The van der Waals surface area contributed by atoms with E-state index in [0.717, 1.165) is 12.1 Å². The third-order valence-electron chi connectivity index (χ3n) is 3.11. The minimum absolute atomic E-state index is 0.109. The van der Waals surface area contributed by atoms with Gasteiger partial charge in [0.1, 0.15) is 5.75 Å². The average Bonchev–Trinajstić information content (AvgIpc) is 2.52. The molecule has 118 valence electrons. The Hall–Kier alpha value is -2.45. The summed E-state index contributed by atoms with van der Waals surface area (Å²) in [6.07, 6.45) is -2.99. The van der Waals surface area contributed by atoms with Crippen LogP contribution in [0.5, 0.6) is 5.75 Å². The van der Waals surface area contributed by atoms with E-state index in [-0.39, 0.29) is 11.1 Å².